The van der Waals surface area contributed by atoms with E-state index in [-0.39, 0.29) is 0 Å². The number of hydrogen-bond donors (Lipinski definition) is 1. The highest BCUT2D eigenvalue weighted by molar-refractivity contribution is 5.46. The Hall–Kier alpha value is -1.80. The van der Waals surface area contributed by atoms with Crippen LogP contribution in [-0.4, -0.2) is 42.6 Å². The van der Waals surface area contributed by atoms with Gasteiger partial charge in [-0.25, -0.2) is 4.98 Å². The molecule has 0 spiro atoms. The topological polar surface area (TPSA) is 69.2 Å². The van der Waals surface area contributed by atoms with Crippen LogP contribution in [0, 0.1) is 11.3 Å². The molecular formula is C14H21N5. The van der Waals surface area contributed by atoms with Crippen LogP contribution in [0.4, 0.5) is 11.5 Å². The zero-order valence-electron chi connectivity index (χ0n) is 11.3. The van der Waals surface area contributed by atoms with Gasteiger partial charge in [0.15, 0.2) is 0 Å². The average Bonchev–Trinajstić information content (AvgIpc) is 2.45. The summed E-state index contributed by atoms with van der Waals surface area (Å²) in [6.45, 7) is 5.26. The van der Waals surface area contributed by atoms with Crippen LogP contribution in [0.5, 0.6) is 0 Å². The molecule has 0 unspecified atom stereocenters. The van der Waals surface area contributed by atoms with E-state index in [9.17, 15) is 0 Å². The van der Waals surface area contributed by atoms with Gasteiger partial charge in [-0.1, -0.05) is 0 Å². The number of rotatable bonds is 5. The molecule has 0 amide bonds. The molecule has 0 bridgehead atoms. The Morgan fingerprint density at radius 2 is 2.00 bits per heavy atom. The second-order valence-corrected chi connectivity index (χ2v) is 4.89. The number of hydrogen-bond acceptors (Lipinski definition) is 5. The number of piperazine rings is 1. The van der Waals surface area contributed by atoms with E-state index >= 15 is 0 Å². The SMILES string of the molecule is N#CCCCCN1CCN(c2ccc(N)cn2)CC1. The van der Waals surface area contributed by atoms with E-state index in [0.29, 0.717) is 12.1 Å². The largest absolute Gasteiger partial charge is 0.397 e. The van der Waals surface area contributed by atoms with Gasteiger partial charge in [0.1, 0.15) is 5.82 Å². The summed E-state index contributed by atoms with van der Waals surface area (Å²) >= 11 is 0. The number of anilines is 2. The van der Waals surface area contributed by atoms with Crippen molar-refractivity contribution in [3.05, 3.63) is 18.3 Å². The predicted molar refractivity (Wildman–Crippen MR) is 76.8 cm³/mol. The molecule has 1 aliphatic rings. The summed E-state index contributed by atoms with van der Waals surface area (Å²) in [7, 11) is 0. The van der Waals surface area contributed by atoms with Crippen LogP contribution < -0.4 is 10.6 Å². The Morgan fingerprint density at radius 3 is 2.63 bits per heavy atom. The van der Waals surface area contributed by atoms with Crippen molar-refractivity contribution < 1.29 is 0 Å². The molecule has 0 aliphatic carbocycles. The highest BCUT2D eigenvalue weighted by atomic mass is 15.3. The smallest absolute Gasteiger partial charge is 0.128 e. The number of nitriles is 1. The molecule has 0 saturated carbocycles. The van der Waals surface area contributed by atoms with E-state index in [1.54, 1.807) is 6.20 Å². The molecule has 0 atom stereocenters. The minimum atomic E-state index is 0.676. The molecule has 5 nitrogen and oxygen atoms in total. The van der Waals surface area contributed by atoms with E-state index < -0.39 is 0 Å². The summed E-state index contributed by atoms with van der Waals surface area (Å²) in [4.78, 5) is 9.12. The Balaban J connectivity index is 1.73. The zero-order chi connectivity index (χ0) is 13.5. The van der Waals surface area contributed by atoms with E-state index in [1.807, 2.05) is 12.1 Å². The zero-order valence-corrected chi connectivity index (χ0v) is 11.3. The van der Waals surface area contributed by atoms with E-state index in [1.165, 1.54) is 0 Å². The fourth-order valence-corrected chi connectivity index (χ4v) is 2.32. The summed E-state index contributed by atoms with van der Waals surface area (Å²) in [5, 5.41) is 8.50. The second-order valence-electron chi connectivity index (χ2n) is 4.89. The molecule has 2 rings (SSSR count). The Bertz CT molecular complexity index is 414. The van der Waals surface area contributed by atoms with Gasteiger partial charge in [0, 0.05) is 32.6 Å². The van der Waals surface area contributed by atoms with Crippen molar-refractivity contribution in [1.82, 2.24) is 9.88 Å². The lowest BCUT2D eigenvalue weighted by atomic mass is 10.2. The summed E-state index contributed by atoms with van der Waals surface area (Å²) in [5.74, 6) is 1.01. The van der Waals surface area contributed by atoms with Crippen molar-refractivity contribution in [3.63, 3.8) is 0 Å². The first-order valence-electron chi connectivity index (χ1n) is 6.85. The van der Waals surface area contributed by atoms with Crippen molar-refractivity contribution in [2.45, 2.75) is 19.3 Å². The Morgan fingerprint density at radius 1 is 1.21 bits per heavy atom. The maximum absolute atomic E-state index is 8.50. The summed E-state index contributed by atoms with van der Waals surface area (Å²) in [5.41, 5.74) is 6.35. The van der Waals surface area contributed by atoms with Crippen molar-refractivity contribution in [3.8, 4) is 6.07 Å². The maximum Gasteiger partial charge on any atom is 0.128 e. The Kier molecular flexibility index (Phi) is 4.99. The van der Waals surface area contributed by atoms with Gasteiger partial charge in [-0.3, -0.25) is 4.90 Å². The normalized spacial score (nSPS) is 16.3. The van der Waals surface area contributed by atoms with Gasteiger partial charge < -0.3 is 10.6 Å². The van der Waals surface area contributed by atoms with Gasteiger partial charge >= 0.3 is 0 Å². The first-order valence-corrected chi connectivity index (χ1v) is 6.85. The Labute approximate surface area is 114 Å². The number of nitrogens with two attached hydrogens (primary N) is 1. The van der Waals surface area contributed by atoms with Gasteiger partial charge in [-0.05, 0) is 31.5 Å². The fourth-order valence-electron chi connectivity index (χ4n) is 2.32. The molecular weight excluding hydrogens is 238 g/mol. The number of nitrogens with zero attached hydrogens (tertiary/aromatic N) is 4. The first kappa shape index (κ1) is 13.6. The lowest BCUT2D eigenvalue weighted by molar-refractivity contribution is 0.253. The summed E-state index contributed by atoms with van der Waals surface area (Å²) in [6.07, 6.45) is 4.52. The standard InChI is InChI=1S/C14H21N5/c15-6-2-1-3-7-18-8-10-19(11-9-18)14-5-4-13(16)12-17-14/h4-5,12H,1-3,7-11,16H2. The van der Waals surface area contributed by atoms with Crippen molar-refractivity contribution >= 4 is 11.5 Å². The maximum atomic E-state index is 8.50. The molecule has 1 aromatic heterocycles. The van der Waals surface area contributed by atoms with Crippen LogP contribution in [0.25, 0.3) is 0 Å². The fraction of sp³-hybridized carbons (Fsp3) is 0.571. The lowest BCUT2D eigenvalue weighted by Gasteiger charge is -2.35. The predicted octanol–water partition coefficient (Wildman–Crippen LogP) is 1.48. The molecule has 1 aliphatic heterocycles. The van der Waals surface area contributed by atoms with Gasteiger partial charge in [0.2, 0.25) is 0 Å². The van der Waals surface area contributed by atoms with Crippen molar-refractivity contribution in [2.24, 2.45) is 0 Å². The quantitative estimate of drug-likeness (QED) is 0.811. The van der Waals surface area contributed by atoms with Gasteiger partial charge in [0.05, 0.1) is 18.0 Å². The highest BCUT2D eigenvalue weighted by Crippen LogP contribution is 2.14. The minimum Gasteiger partial charge on any atom is -0.397 e. The number of pyridine rings is 1. The lowest BCUT2D eigenvalue weighted by Crippen LogP contribution is -2.46. The van der Waals surface area contributed by atoms with Crippen LogP contribution in [0.3, 0.4) is 0 Å². The van der Waals surface area contributed by atoms with Crippen LogP contribution >= 0.6 is 0 Å². The van der Waals surface area contributed by atoms with E-state index in [4.69, 9.17) is 11.0 Å². The third-order valence-corrected chi connectivity index (χ3v) is 3.48. The van der Waals surface area contributed by atoms with Crippen LogP contribution in [0.15, 0.2) is 18.3 Å². The third-order valence-electron chi connectivity index (χ3n) is 3.48. The highest BCUT2D eigenvalue weighted by Gasteiger charge is 2.17. The molecule has 5 heteroatoms. The first-order chi connectivity index (χ1) is 9.29. The average molecular weight is 259 g/mol. The van der Waals surface area contributed by atoms with Crippen LogP contribution in [0.1, 0.15) is 19.3 Å². The molecule has 0 aromatic carbocycles. The minimum absolute atomic E-state index is 0.676. The number of nitrogen functional groups attached to an aromatic ring is 1. The van der Waals surface area contributed by atoms with Crippen LogP contribution in [0.2, 0.25) is 0 Å². The molecule has 2 N–H and O–H groups in total. The summed E-state index contributed by atoms with van der Waals surface area (Å²) < 4.78 is 0. The molecule has 102 valence electrons. The number of unbranched alkanes of at least 4 members (excludes halogenated alkanes) is 2. The summed E-state index contributed by atoms with van der Waals surface area (Å²) in [6, 6.07) is 6.08. The van der Waals surface area contributed by atoms with Gasteiger partial charge in [0.25, 0.3) is 0 Å². The van der Waals surface area contributed by atoms with Gasteiger partial charge in [-0.15, -0.1) is 0 Å². The van der Waals surface area contributed by atoms with Crippen LogP contribution in [-0.2, 0) is 0 Å². The molecule has 1 saturated heterocycles. The molecule has 2 heterocycles. The second kappa shape index (κ2) is 6.95. The number of aromatic nitrogens is 1. The van der Waals surface area contributed by atoms with Crippen molar-refractivity contribution in [1.29, 1.82) is 5.26 Å². The molecule has 0 radical (unpaired) electrons. The van der Waals surface area contributed by atoms with Gasteiger partial charge in [-0.2, -0.15) is 5.26 Å². The molecule has 1 aromatic rings. The monoisotopic (exact) mass is 259 g/mol. The molecule has 19 heavy (non-hydrogen) atoms. The van der Waals surface area contributed by atoms with E-state index in [2.05, 4.69) is 20.9 Å². The molecule has 1 fully saturated rings. The third kappa shape index (κ3) is 4.11. The van der Waals surface area contributed by atoms with Crippen molar-refractivity contribution in [2.75, 3.05) is 43.4 Å². The van der Waals surface area contributed by atoms with E-state index in [0.717, 1.165) is 51.4 Å².